The summed E-state index contributed by atoms with van der Waals surface area (Å²) in [6.45, 7) is 0.535. The van der Waals surface area contributed by atoms with Crippen molar-refractivity contribution in [2.75, 3.05) is 5.32 Å². The van der Waals surface area contributed by atoms with Gasteiger partial charge >= 0.3 is 0 Å². The Kier molecular flexibility index (Phi) is 5.54. The zero-order valence-corrected chi connectivity index (χ0v) is 16.2. The van der Waals surface area contributed by atoms with Gasteiger partial charge in [0.05, 0.1) is 24.6 Å². The number of amides is 1. The van der Waals surface area contributed by atoms with Crippen molar-refractivity contribution in [2.45, 2.75) is 6.54 Å². The molecule has 7 heteroatoms. The number of hydrogen-bond donors (Lipinski definition) is 1. The SMILES string of the molecule is O=C(/C=C/c1cnn(-c2ccccc2)c1)Nc1ccnn1Cc1ccc(Cl)cc1. The summed E-state index contributed by atoms with van der Waals surface area (Å²) in [6, 6.07) is 19.1. The number of aromatic nitrogens is 4. The molecule has 0 spiro atoms. The van der Waals surface area contributed by atoms with E-state index in [1.54, 1.807) is 33.9 Å². The van der Waals surface area contributed by atoms with E-state index in [2.05, 4.69) is 15.5 Å². The molecule has 0 aliphatic heterocycles. The first kappa shape index (κ1) is 18.7. The molecule has 0 bridgehead atoms. The van der Waals surface area contributed by atoms with E-state index >= 15 is 0 Å². The second kappa shape index (κ2) is 8.58. The van der Waals surface area contributed by atoms with Gasteiger partial charge in [0.15, 0.2) is 0 Å². The molecular formula is C22H18ClN5O. The highest BCUT2D eigenvalue weighted by Gasteiger charge is 2.06. The smallest absolute Gasteiger partial charge is 0.249 e. The number of benzene rings is 2. The first-order valence-corrected chi connectivity index (χ1v) is 9.40. The molecule has 0 aliphatic carbocycles. The minimum Gasteiger partial charge on any atom is -0.307 e. The van der Waals surface area contributed by atoms with Gasteiger partial charge in [0, 0.05) is 28.9 Å². The number of nitrogens with one attached hydrogen (secondary N) is 1. The number of rotatable bonds is 6. The molecule has 4 rings (SSSR count). The quantitative estimate of drug-likeness (QED) is 0.484. The Morgan fingerprint density at radius 2 is 1.83 bits per heavy atom. The minimum atomic E-state index is -0.240. The molecule has 2 heterocycles. The highest BCUT2D eigenvalue weighted by atomic mass is 35.5. The largest absolute Gasteiger partial charge is 0.307 e. The van der Waals surface area contributed by atoms with Crippen LogP contribution in [0, 0.1) is 0 Å². The third-order valence-corrected chi connectivity index (χ3v) is 4.52. The zero-order valence-electron chi connectivity index (χ0n) is 15.4. The number of nitrogens with zero attached hydrogens (tertiary/aromatic N) is 4. The van der Waals surface area contributed by atoms with E-state index in [1.165, 1.54) is 6.08 Å². The molecule has 1 amide bonds. The van der Waals surface area contributed by atoms with Crippen LogP contribution < -0.4 is 5.32 Å². The maximum atomic E-state index is 12.3. The molecular weight excluding hydrogens is 386 g/mol. The van der Waals surface area contributed by atoms with Gasteiger partial charge in [-0.25, -0.2) is 9.36 Å². The van der Waals surface area contributed by atoms with Gasteiger partial charge in [0.2, 0.25) is 5.91 Å². The van der Waals surface area contributed by atoms with Crippen LogP contribution in [0.5, 0.6) is 0 Å². The van der Waals surface area contributed by atoms with Gasteiger partial charge in [-0.2, -0.15) is 10.2 Å². The molecule has 2 aromatic carbocycles. The van der Waals surface area contributed by atoms with Crippen molar-refractivity contribution in [3.05, 3.63) is 101 Å². The predicted molar refractivity (Wildman–Crippen MR) is 114 cm³/mol. The molecule has 0 saturated heterocycles. The van der Waals surface area contributed by atoms with E-state index in [-0.39, 0.29) is 5.91 Å². The normalized spacial score (nSPS) is 11.1. The molecule has 2 aromatic heterocycles. The Bertz CT molecular complexity index is 1130. The van der Waals surface area contributed by atoms with Crippen molar-refractivity contribution in [1.29, 1.82) is 0 Å². The lowest BCUT2D eigenvalue weighted by atomic mass is 10.2. The van der Waals surface area contributed by atoms with Crippen LogP contribution >= 0.6 is 11.6 Å². The van der Waals surface area contributed by atoms with Gasteiger partial charge in [-0.05, 0) is 35.9 Å². The summed E-state index contributed by atoms with van der Waals surface area (Å²) >= 11 is 5.92. The second-order valence-corrected chi connectivity index (χ2v) is 6.81. The van der Waals surface area contributed by atoms with Crippen LogP contribution in [-0.4, -0.2) is 25.5 Å². The molecule has 1 N–H and O–H groups in total. The van der Waals surface area contributed by atoms with E-state index in [0.717, 1.165) is 16.8 Å². The molecule has 0 radical (unpaired) electrons. The number of halogens is 1. The summed E-state index contributed by atoms with van der Waals surface area (Å²) in [4.78, 5) is 12.3. The number of carbonyl (C=O) groups is 1. The average Bonchev–Trinajstić information content (AvgIpc) is 3.39. The fourth-order valence-electron chi connectivity index (χ4n) is 2.81. The lowest BCUT2D eigenvalue weighted by Gasteiger charge is -2.08. The van der Waals surface area contributed by atoms with Gasteiger partial charge in [0.1, 0.15) is 5.82 Å². The lowest BCUT2D eigenvalue weighted by molar-refractivity contribution is -0.111. The molecule has 4 aromatic rings. The van der Waals surface area contributed by atoms with Crippen molar-refractivity contribution in [2.24, 2.45) is 0 Å². The Hall–Kier alpha value is -3.64. The van der Waals surface area contributed by atoms with Crippen LogP contribution in [0.15, 0.2) is 85.3 Å². The Balaban J connectivity index is 1.40. The van der Waals surface area contributed by atoms with E-state index in [9.17, 15) is 4.79 Å². The van der Waals surface area contributed by atoms with Crippen molar-refractivity contribution in [3.8, 4) is 5.69 Å². The molecule has 0 unspecified atom stereocenters. The summed E-state index contributed by atoms with van der Waals surface area (Å²) in [5.74, 6) is 0.380. The van der Waals surface area contributed by atoms with Crippen LogP contribution in [-0.2, 0) is 11.3 Å². The Morgan fingerprint density at radius 3 is 2.62 bits per heavy atom. The van der Waals surface area contributed by atoms with Gasteiger partial charge < -0.3 is 5.32 Å². The van der Waals surface area contributed by atoms with Crippen LogP contribution in [0.4, 0.5) is 5.82 Å². The van der Waals surface area contributed by atoms with E-state index in [0.29, 0.717) is 17.4 Å². The fraction of sp³-hybridized carbons (Fsp3) is 0.0455. The number of hydrogen-bond acceptors (Lipinski definition) is 3. The number of para-hydroxylation sites is 1. The molecule has 144 valence electrons. The summed E-state index contributed by atoms with van der Waals surface area (Å²) in [6.07, 6.45) is 8.43. The Morgan fingerprint density at radius 1 is 1.03 bits per heavy atom. The van der Waals surface area contributed by atoms with Crippen molar-refractivity contribution in [1.82, 2.24) is 19.6 Å². The lowest BCUT2D eigenvalue weighted by Crippen LogP contribution is -2.13. The van der Waals surface area contributed by atoms with Crippen molar-refractivity contribution >= 4 is 29.4 Å². The van der Waals surface area contributed by atoms with Gasteiger partial charge in [-0.1, -0.05) is 41.9 Å². The Labute approximate surface area is 173 Å². The molecule has 0 atom stereocenters. The van der Waals surface area contributed by atoms with Gasteiger partial charge in [-0.15, -0.1) is 0 Å². The average molecular weight is 404 g/mol. The number of carbonyl (C=O) groups excluding carboxylic acids is 1. The van der Waals surface area contributed by atoms with Crippen LogP contribution in [0.2, 0.25) is 5.02 Å². The highest BCUT2D eigenvalue weighted by Crippen LogP contribution is 2.14. The van der Waals surface area contributed by atoms with Crippen LogP contribution in [0.3, 0.4) is 0 Å². The molecule has 0 fully saturated rings. The zero-order chi connectivity index (χ0) is 20.1. The highest BCUT2D eigenvalue weighted by molar-refractivity contribution is 6.30. The summed E-state index contributed by atoms with van der Waals surface area (Å²) in [5, 5.41) is 12.1. The summed E-state index contributed by atoms with van der Waals surface area (Å²) in [5.41, 5.74) is 2.83. The van der Waals surface area contributed by atoms with Gasteiger partial charge in [0.25, 0.3) is 0 Å². The number of anilines is 1. The maximum absolute atomic E-state index is 12.3. The second-order valence-electron chi connectivity index (χ2n) is 6.38. The van der Waals surface area contributed by atoms with E-state index in [4.69, 9.17) is 11.6 Å². The first-order chi connectivity index (χ1) is 14.2. The van der Waals surface area contributed by atoms with Crippen molar-refractivity contribution in [3.63, 3.8) is 0 Å². The van der Waals surface area contributed by atoms with Crippen LogP contribution in [0.25, 0.3) is 11.8 Å². The third-order valence-electron chi connectivity index (χ3n) is 4.26. The minimum absolute atomic E-state index is 0.240. The third kappa shape index (κ3) is 4.80. The monoisotopic (exact) mass is 403 g/mol. The van der Waals surface area contributed by atoms with Crippen molar-refractivity contribution < 1.29 is 4.79 Å². The molecule has 0 aliphatic rings. The topological polar surface area (TPSA) is 64.7 Å². The molecule has 6 nitrogen and oxygen atoms in total. The van der Waals surface area contributed by atoms with Crippen LogP contribution in [0.1, 0.15) is 11.1 Å². The summed E-state index contributed by atoms with van der Waals surface area (Å²) in [7, 11) is 0. The molecule has 0 saturated carbocycles. The maximum Gasteiger partial charge on any atom is 0.249 e. The van der Waals surface area contributed by atoms with E-state index in [1.807, 2.05) is 60.8 Å². The standard InChI is InChI=1S/C22H18ClN5O/c23-19-9-6-17(7-10-19)15-28-21(12-13-24-28)26-22(29)11-8-18-14-25-27(16-18)20-4-2-1-3-5-20/h1-14,16H,15H2,(H,26,29)/b11-8+. The first-order valence-electron chi connectivity index (χ1n) is 9.03. The molecule has 29 heavy (non-hydrogen) atoms. The summed E-state index contributed by atoms with van der Waals surface area (Å²) < 4.78 is 3.49. The fourth-order valence-corrected chi connectivity index (χ4v) is 2.94. The van der Waals surface area contributed by atoms with E-state index < -0.39 is 0 Å². The predicted octanol–water partition coefficient (Wildman–Crippen LogP) is 4.42. The van der Waals surface area contributed by atoms with Gasteiger partial charge in [-0.3, -0.25) is 4.79 Å².